The number of halogens is 2. The highest BCUT2D eigenvalue weighted by molar-refractivity contribution is 7.95. The minimum Gasteiger partial charge on any atom is -0.265 e. The molecule has 3 rings (SSSR count). The van der Waals surface area contributed by atoms with Gasteiger partial charge in [-0.15, -0.1) is 0 Å². The van der Waals surface area contributed by atoms with Crippen molar-refractivity contribution in [1.29, 1.82) is 5.26 Å². The predicted octanol–water partition coefficient (Wildman–Crippen LogP) is 5.19. The zero-order chi connectivity index (χ0) is 21.2. The fourth-order valence-electron chi connectivity index (χ4n) is 2.90. The Kier molecular flexibility index (Phi) is 6.13. The highest BCUT2D eigenvalue weighted by atomic mass is 35.5. The Hall–Kier alpha value is -2.59. The van der Waals surface area contributed by atoms with Crippen LogP contribution >= 0.6 is 23.2 Å². The van der Waals surface area contributed by atoms with Crippen LogP contribution in [0.25, 0.3) is 6.08 Å². The van der Waals surface area contributed by atoms with Crippen LogP contribution in [0.1, 0.15) is 22.5 Å². The number of aromatic nitrogens is 2. The van der Waals surface area contributed by atoms with Crippen molar-refractivity contribution >= 4 is 39.1 Å². The van der Waals surface area contributed by atoms with E-state index in [-0.39, 0.29) is 9.80 Å². The smallest absolute Gasteiger partial charge is 0.216 e. The normalized spacial score (nSPS) is 12.0. The van der Waals surface area contributed by atoms with Gasteiger partial charge in [0.15, 0.2) is 0 Å². The fraction of sp³-hybridized carbons (Fsp3) is 0.143. The van der Waals surface area contributed by atoms with E-state index in [2.05, 4.69) is 5.10 Å². The van der Waals surface area contributed by atoms with E-state index in [1.54, 1.807) is 17.7 Å². The van der Waals surface area contributed by atoms with Gasteiger partial charge in [-0.1, -0.05) is 41.4 Å². The van der Waals surface area contributed by atoms with E-state index < -0.39 is 9.84 Å². The summed E-state index contributed by atoms with van der Waals surface area (Å²) in [4.78, 5) is -0.350. The van der Waals surface area contributed by atoms with Gasteiger partial charge >= 0.3 is 0 Å². The quantitative estimate of drug-likeness (QED) is 0.506. The minimum absolute atomic E-state index is 0.00784. The van der Waals surface area contributed by atoms with Gasteiger partial charge in [-0.25, -0.2) is 8.42 Å². The van der Waals surface area contributed by atoms with Gasteiger partial charge in [-0.05, 0) is 55.8 Å². The molecule has 0 saturated carbocycles. The second-order valence-corrected chi connectivity index (χ2v) is 9.17. The van der Waals surface area contributed by atoms with E-state index in [1.165, 1.54) is 30.3 Å². The first-order valence-corrected chi connectivity index (χ1v) is 10.9. The van der Waals surface area contributed by atoms with Crippen molar-refractivity contribution in [3.63, 3.8) is 0 Å². The molecule has 148 valence electrons. The van der Waals surface area contributed by atoms with Gasteiger partial charge in [-0.3, -0.25) is 4.68 Å². The molecule has 1 aromatic heterocycles. The third-order valence-electron chi connectivity index (χ3n) is 4.51. The first kappa shape index (κ1) is 21.1. The van der Waals surface area contributed by atoms with Gasteiger partial charge in [0.25, 0.3) is 0 Å². The molecule has 0 spiro atoms. The lowest BCUT2D eigenvalue weighted by atomic mass is 10.2. The number of nitrogens with zero attached hydrogens (tertiary/aromatic N) is 3. The first-order chi connectivity index (χ1) is 13.7. The van der Waals surface area contributed by atoms with Gasteiger partial charge in [0, 0.05) is 21.3 Å². The van der Waals surface area contributed by atoms with Crippen LogP contribution < -0.4 is 0 Å². The molecule has 0 radical (unpaired) electrons. The zero-order valence-electron chi connectivity index (χ0n) is 15.7. The topological polar surface area (TPSA) is 75.8 Å². The Morgan fingerprint density at radius 1 is 1.14 bits per heavy atom. The molecular formula is C21H17Cl2N3O2S. The summed E-state index contributed by atoms with van der Waals surface area (Å²) in [7, 11) is -3.97. The lowest BCUT2D eigenvalue weighted by Crippen LogP contribution is -2.05. The van der Waals surface area contributed by atoms with Gasteiger partial charge in [0.05, 0.1) is 17.1 Å². The Balaban J connectivity index is 2.03. The van der Waals surface area contributed by atoms with Crippen molar-refractivity contribution in [2.24, 2.45) is 0 Å². The maximum absolute atomic E-state index is 12.9. The maximum atomic E-state index is 12.9. The van der Waals surface area contributed by atoms with E-state index in [4.69, 9.17) is 23.2 Å². The third kappa shape index (κ3) is 4.38. The molecule has 0 fully saturated rings. The summed E-state index contributed by atoms with van der Waals surface area (Å²) >= 11 is 12.1. The number of hydrogen-bond donors (Lipinski definition) is 0. The predicted molar refractivity (Wildman–Crippen MR) is 114 cm³/mol. The average molecular weight is 446 g/mol. The largest absolute Gasteiger partial charge is 0.265 e. The standard InChI is InChI=1S/C21H17Cl2N3O2S/c1-14-20(15(2)26(25-14)13-16-5-3-4-6-21(16)23)11-19(12-24)29(27,28)18-9-7-17(22)8-10-18/h3-11H,13H2,1-2H3/b19-11+. The van der Waals surface area contributed by atoms with Crippen LogP contribution in [0.4, 0.5) is 0 Å². The SMILES string of the molecule is Cc1nn(Cc2ccccc2Cl)c(C)c1/C=C(\C#N)S(=O)(=O)c1ccc(Cl)cc1. The van der Waals surface area contributed by atoms with Gasteiger partial charge in [0.2, 0.25) is 9.84 Å². The van der Waals surface area contributed by atoms with Crippen LogP contribution in [0.15, 0.2) is 58.3 Å². The average Bonchev–Trinajstić information content (AvgIpc) is 2.95. The van der Waals surface area contributed by atoms with Crippen molar-refractivity contribution < 1.29 is 8.42 Å². The maximum Gasteiger partial charge on any atom is 0.216 e. The van der Waals surface area contributed by atoms with E-state index in [1.807, 2.05) is 31.2 Å². The monoisotopic (exact) mass is 445 g/mol. The molecule has 0 atom stereocenters. The molecule has 0 unspecified atom stereocenters. The number of aryl methyl sites for hydroxylation is 1. The fourth-order valence-corrected chi connectivity index (χ4v) is 4.37. The van der Waals surface area contributed by atoms with Crippen molar-refractivity contribution in [1.82, 2.24) is 9.78 Å². The molecule has 0 saturated heterocycles. The Morgan fingerprint density at radius 2 is 1.79 bits per heavy atom. The van der Waals surface area contributed by atoms with Crippen LogP contribution in [0.3, 0.4) is 0 Å². The zero-order valence-corrected chi connectivity index (χ0v) is 18.1. The first-order valence-electron chi connectivity index (χ1n) is 8.64. The minimum atomic E-state index is -3.97. The lowest BCUT2D eigenvalue weighted by molar-refractivity contribution is 0.603. The molecule has 2 aromatic carbocycles. The summed E-state index contributed by atoms with van der Waals surface area (Å²) in [5.74, 6) is 0. The number of allylic oxidation sites excluding steroid dienone is 1. The molecule has 0 N–H and O–H groups in total. The second-order valence-electron chi connectivity index (χ2n) is 6.41. The molecule has 8 heteroatoms. The molecule has 29 heavy (non-hydrogen) atoms. The summed E-state index contributed by atoms with van der Waals surface area (Å²) in [5, 5.41) is 15.1. The lowest BCUT2D eigenvalue weighted by Gasteiger charge is -2.07. The van der Waals surface area contributed by atoms with Crippen molar-refractivity contribution in [3.05, 3.63) is 86.0 Å². The van der Waals surface area contributed by atoms with Crippen LogP contribution in [0.5, 0.6) is 0 Å². The number of sulfone groups is 1. The molecule has 0 bridgehead atoms. The summed E-state index contributed by atoms with van der Waals surface area (Å²) in [5.41, 5.74) is 2.84. The van der Waals surface area contributed by atoms with Gasteiger partial charge < -0.3 is 0 Å². The molecule has 1 heterocycles. The number of benzene rings is 2. The van der Waals surface area contributed by atoms with Gasteiger partial charge in [0.1, 0.15) is 11.0 Å². The summed E-state index contributed by atoms with van der Waals surface area (Å²) in [6.45, 7) is 4.03. The molecule has 5 nitrogen and oxygen atoms in total. The Labute approximate surface area is 179 Å². The Morgan fingerprint density at radius 3 is 2.41 bits per heavy atom. The number of nitriles is 1. The van der Waals surface area contributed by atoms with Crippen LogP contribution in [-0.4, -0.2) is 18.2 Å². The van der Waals surface area contributed by atoms with E-state index in [0.29, 0.717) is 27.8 Å². The molecular weight excluding hydrogens is 429 g/mol. The van der Waals surface area contributed by atoms with Crippen LogP contribution in [-0.2, 0) is 16.4 Å². The van der Waals surface area contributed by atoms with Crippen LogP contribution in [0, 0.1) is 25.2 Å². The Bertz CT molecular complexity index is 1240. The van der Waals surface area contributed by atoms with E-state index in [9.17, 15) is 13.7 Å². The summed E-state index contributed by atoms with van der Waals surface area (Å²) in [6, 6.07) is 15.0. The van der Waals surface area contributed by atoms with Crippen molar-refractivity contribution in [2.75, 3.05) is 0 Å². The van der Waals surface area contributed by atoms with E-state index in [0.717, 1.165) is 11.3 Å². The highest BCUT2D eigenvalue weighted by Crippen LogP contribution is 2.26. The molecule has 0 aliphatic heterocycles. The molecule has 0 amide bonds. The van der Waals surface area contributed by atoms with E-state index >= 15 is 0 Å². The summed E-state index contributed by atoms with van der Waals surface area (Å²) < 4.78 is 27.5. The van der Waals surface area contributed by atoms with Gasteiger partial charge in [-0.2, -0.15) is 10.4 Å². The van der Waals surface area contributed by atoms with Crippen LogP contribution in [0.2, 0.25) is 10.0 Å². The molecule has 0 aliphatic rings. The van der Waals surface area contributed by atoms with Crippen molar-refractivity contribution in [2.45, 2.75) is 25.3 Å². The molecule has 3 aromatic rings. The molecule has 0 aliphatic carbocycles. The highest BCUT2D eigenvalue weighted by Gasteiger charge is 2.22. The third-order valence-corrected chi connectivity index (χ3v) is 6.82. The second kappa shape index (κ2) is 8.42. The number of rotatable bonds is 5. The number of hydrogen-bond acceptors (Lipinski definition) is 4. The van der Waals surface area contributed by atoms with Crippen molar-refractivity contribution in [3.8, 4) is 6.07 Å². The summed E-state index contributed by atoms with van der Waals surface area (Å²) in [6.07, 6.45) is 1.37.